The summed E-state index contributed by atoms with van der Waals surface area (Å²) >= 11 is 0. The highest BCUT2D eigenvalue weighted by Gasteiger charge is 2.52. The van der Waals surface area contributed by atoms with Crippen molar-refractivity contribution >= 4 is 0 Å². The first-order valence-electron chi connectivity index (χ1n) is 9.01. The number of hydrogen-bond donors (Lipinski definition) is 0. The van der Waals surface area contributed by atoms with Gasteiger partial charge < -0.3 is 14.2 Å². The summed E-state index contributed by atoms with van der Waals surface area (Å²) in [5.41, 5.74) is 4.46. The number of benzene rings is 3. The molecule has 0 N–H and O–H groups in total. The zero-order valence-corrected chi connectivity index (χ0v) is 14.4. The van der Waals surface area contributed by atoms with Gasteiger partial charge in [-0.15, -0.1) is 0 Å². The molecular weight excluding hydrogens is 324 g/mol. The van der Waals surface area contributed by atoms with E-state index in [1.807, 2.05) is 30.3 Å². The Kier molecular flexibility index (Phi) is 3.86. The molecule has 130 valence electrons. The quantitative estimate of drug-likeness (QED) is 0.672. The van der Waals surface area contributed by atoms with Crippen LogP contribution in [0.15, 0.2) is 84.9 Å². The second-order valence-corrected chi connectivity index (χ2v) is 6.68. The van der Waals surface area contributed by atoms with E-state index < -0.39 is 12.1 Å². The molecule has 0 saturated carbocycles. The van der Waals surface area contributed by atoms with Crippen LogP contribution in [0.25, 0.3) is 0 Å². The normalized spacial score (nSPS) is 27.4. The zero-order valence-electron chi connectivity index (χ0n) is 14.4. The highest BCUT2D eigenvalue weighted by atomic mass is 16.8. The lowest BCUT2D eigenvalue weighted by Gasteiger charge is -2.45. The highest BCUT2D eigenvalue weighted by Crippen LogP contribution is 2.54. The van der Waals surface area contributed by atoms with Gasteiger partial charge in [-0.3, -0.25) is 0 Å². The molecular formula is C23H20O3. The number of rotatable bonds is 2. The van der Waals surface area contributed by atoms with Crippen LogP contribution in [0.3, 0.4) is 0 Å². The second kappa shape index (κ2) is 6.36. The summed E-state index contributed by atoms with van der Waals surface area (Å²) in [6.07, 6.45) is -0.422. The van der Waals surface area contributed by atoms with Crippen molar-refractivity contribution in [1.82, 2.24) is 0 Å². The molecule has 1 unspecified atom stereocenters. The molecule has 3 aromatic rings. The molecule has 0 aromatic heterocycles. The van der Waals surface area contributed by atoms with E-state index in [2.05, 4.69) is 54.6 Å². The van der Waals surface area contributed by atoms with E-state index in [0.717, 1.165) is 11.1 Å². The lowest BCUT2D eigenvalue weighted by molar-refractivity contribution is -0.305. The molecule has 5 rings (SSSR count). The van der Waals surface area contributed by atoms with Crippen LogP contribution in [-0.2, 0) is 20.0 Å². The molecule has 1 fully saturated rings. The summed E-state index contributed by atoms with van der Waals surface area (Å²) in [4.78, 5) is 0. The average Bonchev–Trinajstić information content (AvgIpc) is 2.91. The van der Waals surface area contributed by atoms with Gasteiger partial charge in [-0.25, -0.2) is 0 Å². The largest absolute Gasteiger partial charge is 0.346 e. The first-order chi connectivity index (χ1) is 12.9. The fourth-order valence-corrected chi connectivity index (χ4v) is 4.11. The summed E-state index contributed by atoms with van der Waals surface area (Å²) in [5.74, 6) is -0.974. The molecule has 1 saturated heterocycles. The Labute approximate surface area is 153 Å². The van der Waals surface area contributed by atoms with Gasteiger partial charge in [-0.2, -0.15) is 0 Å². The van der Waals surface area contributed by atoms with Crippen LogP contribution < -0.4 is 0 Å². The van der Waals surface area contributed by atoms with Gasteiger partial charge in [0.25, 0.3) is 0 Å². The van der Waals surface area contributed by atoms with Crippen LogP contribution in [0.5, 0.6) is 0 Å². The van der Waals surface area contributed by atoms with Crippen molar-refractivity contribution in [2.24, 2.45) is 0 Å². The standard InChI is InChI=1S/C23H20O3/c1-3-9-17(10-4-1)21-19-13-7-8-14-20(19)22-24-15-16-25-23(21,26-22)18-11-5-2-6-12-18/h1-14,21-22H,15-16H2/t21?,22-,23+/m1/s1. The molecule has 2 bridgehead atoms. The van der Waals surface area contributed by atoms with Gasteiger partial charge in [0, 0.05) is 11.1 Å². The molecule has 3 heteroatoms. The van der Waals surface area contributed by atoms with Crippen molar-refractivity contribution in [2.45, 2.75) is 18.0 Å². The molecule has 26 heavy (non-hydrogen) atoms. The maximum Gasteiger partial charge on any atom is 0.209 e. The van der Waals surface area contributed by atoms with Crippen molar-refractivity contribution in [1.29, 1.82) is 0 Å². The minimum absolute atomic E-state index is 0.0692. The van der Waals surface area contributed by atoms with Crippen molar-refractivity contribution in [3.63, 3.8) is 0 Å². The Bertz CT molecular complexity index is 894. The summed E-state index contributed by atoms with van der Waals surface area (Å²) in [6, 6.07) is 29.0. The van der Waals surface area contributed by atoms with E-state index in [-0.39, 0.29) is 5.92 Å². The van der Waals surface area contributed by atoms with E-state index in [1.54, 1.807) is 0 Å². The third-order valence-electron chi connectivity index (χ3n) is 5.20. The van der Waals surface area contributed by atoms with Crippen LogP contribution in [0, 0.1) is 0 Å². The first kappa shape index (κ1) is 15.8. The molecule has 2 aliphatic rings. The van der Waals surface area contributed by atoms with Crippen LogP contribution in [0.4, 0.5) is 0 Å². The molecule has 2 aliphatic heterocycles. The maximum atomic E-state index is 6.57. The zero-order chi connectivity index (χ0) is 17.4. The molecule has 0 radical (unpaired) electrons. The van der Waals surface area contributed by atoms with Crippen LogP contribution in [0.1, 0.15) is 34.5 Å². The Morgan fingerprint density at radius 1 is 0.692 bits per heavy atom. The molecule has 0 spiro atoms. The third kappa shape index (κ3) is 2.40. The maximum absolute atomic E-state index is 6.57. The fourth-order valence-electron chi connectivity index (χ4n) is 4.11. The van der Waals surface area contributed by atoms with Crippen molar-refractivity contribution in [3.8, 4) is 0 Å². The molecule has 0 aliphatic carbocycles. The Balaban J connectivity index is 1.80. The topological polar surface area (TPSA) is 27.7 Å². The van der Waals surface area contributed by atoms with Crippen LogP contribution >= 0.6 is 0 Å². The summed E-state index contributed by atoms with van der Waals surface area (Å²) in [5, 5.41) is 0. The lowest BCUT2D eigenvalue weighted by Crippen LogP contribution is -2.44. The van der Waals surface area contributed by atoms with Gasteiger partial charge >= 0.3 is 0 Å². The van der Waals surface area contributed by atoms with Gasteiger partial charge in [0.2, 0.25) is 5.79 Å². The third-order valence-corrected chi connectivity index (χ3v) is 5.20. The smallest absolute Gasteiger partial charge is 0.209 e. The molecule has 0 amide bonds. The van der Waals surface area contributed by atoms with Crippen LogP contribution in [-0.4, -0.2) is 13.2 Å². The summed E-state index contributed by atoms with van der Waals surface area (Å²) in [6.45, 7) is 0.998. The summed E-state index contributed by atoms with van der Waals surface area (Å²) in [7, 11) is 0. The summed E-state index contributed by atoms with van der Waals surface area (Å²) < 4.78 is 19.0. The monoisotopic (exact) mass is 344 g/mol. The Hall–Kier alpha value is -2.46. The molecule has 3 nitrogen and oxygen atoms in total. The van der Waals surface area contributed by atoms with Crippen molar-refractivity contribution in [3.05, 3.63) is 107 Å². The van der Waals surface area contributed by atoms with Gasteiger partial charge in [0.15, 0.2) is 6.29 Å². The van der Waals surface area contributed by atoms with Gasteiger partial charge in [-0.05, 0) is 11.1 Å². The van der Waals surface area contributed by atoms with E-state index in [0.29, 0.717) is 13.2 Å². The van der Waals surface area contributed by atoms with Gasteiger partial charge in [0.05, 0.1) is 19.1 Å². The van der Waals surface area contributed by atoms with Crippen molar-refractivity contribution < 1.29 is 14.2 Å². The van der Waals surface area contributed by atoms with E-state index in [1.165, 1.54) is 11.1 Å². The Morgan fingerprint density at radius 3 is 2.12 bits per heavy atom. The Morgan fingerprint density at radius 2 is 1.35 bits per heavy atom. The number of fused-ring (bicyclic) bond motifs is 4. The fraction of sp³-hybridized carbons (Fsp3) is 0.217. The predicted molar refractivity (Wildman–Crippen MR) is 98.6 cm³/mol. The minimum atomic E-state index is -0.905. The predicted octanol–water partition coefficient (Wildman–Crippen LogP) is 4.75. The van der Waals surface area contributed by atoms with Gasteiger partial charge in [0.1, 0.15) is 0 Å². The van der Waals surface area contributed by atoms with Gasteiger partial charge in [-0.1, -0.05) is 84.9 Å². The minimum Gasteiger partial charge on any atom is -0.346 e. The van der Waals surface area contributed by atoms with Crippen LogP contribution in [0.2, 0.25) is 0 Å². The van der Waals surface area contributed by atoms with E-state index in [4.69, 9.17) is 14.2 Å². The molecule has 3 atom stereocenters. The highest BCUT2D eigenvalue weighted by molar-refractivity contribution is 5.45. The molecule has 2 heterocycles. The van der Waals surface area contributed by atoms with E-state index in [9.17, 15) is 0 Å². The molecule has 3 aromatic carbocycles. The second-order valence-electron chi connectivity index (χ2n) is 6.68. The van der Waals surface area contributed by atoms with Crippen molar-refractivity contribution in [2.75, 3.05) is 13.2 Å². The SMILES string of the molecule is c1ccc(C2c3ccccc3[C@@H]3OCCO[C@@]2(c2ccccc2)O3)cc1. The van der Waals surface area contributed by atoms with E-state index >= 15 is 0 Å². The number of ether oxygens (including phenoxy) is 3. The number of hydrogen-bond acceptors (Lipinski definition) is 3. The average molecular weight is 344 g/mol. The first-order valence-corrected chi connectivity index (χ1v) is 9.01. The lowest BCUT2D eigenvalue weighted by atomic mass is 9.77.